The minimum Gasteiger partial charge on any atom is -0.478 e. The van der Waals surface area contributed by atoms with E-state index >= 15 is 0 Å². The number of aromatic carboxylic acids is 1. The normalized spacial score (nSPS) is 17.5. The standard InChI is InChI=1S/C15H20N2O4/c1-10-5-6-11(8-13(10)14(18)19)16-15(20)17(2)9-12-4-3-7-21-12/h5-6,8,12H,3-4,7,9H2,1-2H3,(H,16,20)(H,18,19). The topological polar surface area (TPSA) is 78.9 Å². The van der Waals surface area contributed by atoms with Gasteiger partial charge in [-0.15, -0.1) is 0 Å². The largest absolute Gasteiger partial charge is 0.478 e. The van der Waals surface area contributed by atoms with E-state index < -0.39 is 5.97 Å². The SMILES string of the molecule is Cc1ccc(NC(=O)N(C)CC2CCCO2)cc1C(=O)O. The Morgan fingerprint density at radius 1 is 1.48 bits per heavy atom. The van der Waals surface area contributed by atoms with Crippen molar-refractivity contribution in [3.8, 4) is 0 Å². The summed E-state index contributed by atoms with van der Waals surface area (Å²) < 4.78 is 5.49. The molecule has 1 unspecified atom stereocenters. The molecule has 0 spiro atoms. The van der Waals surface area contributed by atoms with E-state index in [-0.39, 0.29) is 17.7 Å². The monoisotopic (exact) mass is 292 g/mol. The Labute approximate surface area is 123 Å². The Morgan fingerprint density at radius 3 is 2.86 bits per heavy atom. The summed E-state index contributed by atoms with van der Waals surface area (Å²) in [5.41, 5.74) is 1.32. The van der Waals surface area contributed by atoms with Crippen LogP contribution in [-0.4, -0.2) is 48.3 Å². The molecule has 2 rings (SSSR count). The fraction of sp³-hybridized carbons (Fsp3) is 0.467. The van der Waals surface area contributed by atoms with Crippen LogP contribution in [0.1, 0.15) is 28.8 Å². The number of nitrogens with one attached hydrogen (secondary N) is 1. The van der Waals surface area contributed by atoms with Crippen LogP contribution in [0.2, 0.25) is 0 Å². The highest BCUT2D eigenvalue weighted by molar-refractivity contribution is 5.94. The van der Waals surface area contributed by atoms with Gasteiger partial charge in [0.25, 0.3) is 0 Å². The summed E-state index contributed by atoms with van der Waals surface area (Å²) in [5, 5.41) is 11.8. The molecule has 1 aliphatic rings. The number of anilines is 1. The van der Waals surface area contributed by atoms with Crippen molar-refractivity contribution in [3.63, 3.8) is 0 Å². The average molecular weight is 292 g/mol. The number of aryl methyl sites for hydroxylation is 1. The number of hydrogen-bond acceptors (Lipinski definition) is 3. The first-order valence-electron chi connectivity index (χ1n) is 6.95. The molecular weight excluding hydrogens is 272 g/mol. The third kappa shape index (κ3) is 3.95. The van der Waals surface area contributed by atoms with Gasteiger partial charge in [0.1, 0.15) is 0 Å². The molecule has 1 atom stereocenters. The maximum absolute atomic E-state index is 12.1. The Balaban J connectivity index is 1.98. The second kappa shape index (κ2) is 6.58. The van der Waals surface area contributed by atoms with Crippen molar-refractivity contribution < 1.29 is 19.4 Å². The number of rotatable bonds is 4. The van der Waals surface area contributed by atoms with E-state index in [0.717, 1.165) is 19.4 Å². The first kappa shape index (κ1) is 15.3. The highest BCUT2D eigenvalue weighted by Gasteiger charge is 2.20. The van der Waals surface area contributed by atoms with Gasteiger partial charge in [-0.3, -0.25) is 0 Å². The second-order valence-corrected chi connectivity index (χ2v) is 5.28. The van der Waals surface area contributed by atoms with Gasteiger partial charge in [0, 0.05) is 25.9 Å². The highest BCUT2D eigenvalue weighted by atomic mass is 16.5. The molecule has 2 amide bonds. The number of urea groups is 1. The maximum Gasteiger partial charge on any atom is 0.336 e. The molecule has 2 N–H and O–H groups in total. The molecule has 0 radical (unpaired) electrons. The zero-order valence-electron chi connectivity index (χ0n) is 12.3. The van der Waals surface area contributed by atoms with E-state index in [1.807, 2.05) is 0 Å². The van der Waals surface area contributed by atoms with Gasteiger partial charge in [0.2, 0.25) is 0 Å². The molecule has 1 saturated heterocycles. The van der Waals surface area contributed by atoms with Crippen molar-refractivity contribution in [2.45, 2.75) is 25.9 Å². The van der Waals surface area contributed by atoms with Gasteiger partial charge in [-0.1, -0.05) is 6.07 Å². The van der Waals surface area contributed by atoms with Crippen molar-refractivity contribution in [1.29, 1.82) is 0 Å². The van der Waals surface area contributed by atoms with Crippen LogP contribution in [0.25, 0.3) is 0 Å². The number of carbonyl (C=O) groups is 2. The number of benzene rings is 1. The zero-order chi connectivity index (χ0) is 15.4. The number of nitrogens with zero attached hydrogens (tertiary/aromatic N) is 1. The lowest BCUT2D eigenvalue weighted by Crippen LogP contribution is -2.37. The Hall–Kier alpha value is -2.08. The zero-order valence-corrected chi connectivity index (χ0v) is 12.3. The van der Waals surface area contributed by atoms with Crippen molar-refractivity contribution in [2.75, 3.05) is 25.5 Å². The number of likely N-dealkylation sites (N-methyl/N-ethyl adjacent to an activating group) is 1. The molecule has 1 heterocycles. The lowest BCUT2D eigenvalue weighted by Gasteiger charge is -2.21. The fourth-order valence-corrected chi connectivity index (χ4v) is 2.33. The van der Waals surface area contributed by atoms with E-state index in [4.69, 9.17) is 9.84 Å². The molecule has 0 aliphatic carbocycles. The van der Waals surface area contributed by atoms with Crippen molar-refractivity contribution in [2.24, 2.45) is 0 Å². The van der Waals surface area contributed by atoms with E-state index in [0.29, 0.717) is 17.8 Å². The second-order valence-electron chi connectivity index (χ2n) is 5.28. The number of ether oxygens (including phenoxy) is 1. The number of carboxylic acids is 1. The first-order valence-corrected chi connectivity index (χ1v) is 6.95. The number of carbonyl (C=O) groups excluding carboxylic acids is 1. The van der Waals surface area contributed by atoms with Gasteiger partial charge in [-0.25, -0.2) is 9.59 Å². The third-order valence-corrected chi connectivity index (χ3v) is 3.57. The van der Waals surface area contributed by atoms with Crippen LogP contribution in [0, 0.1) is 6.92 Å². The van der Waals surface area contributed by atoms with Gasteiger partial charge in [0.05, 0.1) is 11.7 Å². The summed E-state index contributed by atoms with van der Waals surface area (Å²) in [5.74, 6) is -1.00. The van der Waals surface area contributed by atoms with Gasteiger partial charge in [-0.2, -0.15) is 0 Å². The molecule has 0 saturated carbocycles. The minimum atomic E-state index is -1.00. The van der Waals surface area contributed by atoms with Gasteiger partial charge in [-0.05, 0) is 37.5 Å². The molecule has 1 aromatic carbocycles. The molecule has 0 bridgehead atoms. The van der Waals surface area contributed by atoms with Gasteiger partial charge in [0.15, 0.2) is 0 Å². The molecular formula is C15H20N2O4. The predicted octanol–water partition coefficient (Wildman–Crippen LogP) is 2.34. The van der Waals surface area contributed by atoms with Gasteiger partial charge >= 0.3 is 12.0 Å². The van der Waals surface area contributed by atoms with Crippen LogP contribution in [0.5, 0.6) is 0 Å². The average Bonchev–Trinajstić information content (AvgIpc) is 2.93. The van der Waals surface area contributed by atoms with Crippen molar-refractivity contribution in [1.82, 2.24) is 4.90 Å². The number of amides is 2. The Kier molecular flexibility index (Phi) is 4.80. The molecule has 114 valence electrons. The molecule has 21 heavy (non-hydrogen) atoms. The van der Waals surface area contributed by atoms with Crippen LogP contribution < -0.4 is 5.32 Å². The maximum atomic E-state index is 12.1. The lowest BCUT2D eigenvalue weighted by molar-refractivity contribution is 0.0696. The first-order chi connectivity index (χ1) is 9.97. The Bertz CT molecular complexity index is 538. The van der Waals surface area contributed by atoms with E-state index in [1.165, 1.54) is 6.07 Å². The summed E-state index contributed by atoms with van der Waals surface area (Å²) in [4.78, 5) is 24.7. The lowest BCUT2D eigenvalue weighted by atomic mass is 10.1. The minimum absolute atomic E-state index is 0.0911. The number of hydrogen-bond donors (Lipinski definition) is 2. The third-order valence-electron chi connectivity index (χ3n) is 3.57. The molecule has 6 heteroatoms. The molecule has 1 aliphatic heterocycles. The summed E-state index contributed by atoms with van der Waals surface area (Å²) in [7, 11) is 1.70. The van der Waals surface area contributed by atoms with E-state index in [2.05, 4.69) is 5.32 Å². The molecule has 1 fully saturated rings. The van der Waals surface area contributed by atoms with Crippen LogP contribution in [0.4, 0.5) is 10.5 Å². The smallest absolute Gasteiger partial charge is 0.336 e. The van der Waals surface area contributed by atoms with Crippen molar-refractivity contribution >= 4 is 17.7 Å². The quantitative estimate of drug-likeness (QED) is 0.892. The van der Waals surface area contributed by atoms with Crippen LogP contribution in [-0.2, 0) is 4.74 Å². The predicted molar refractivity (Wildman–Crippen MR) is 78.8 cm³/mol. The molecule has 6 nitrogen and oxygen atoms in total. The van der Waals surface area contributed by atoms with E-state index in [9.17, 15) is 9.59 Å². The van der Waals surface area contributed by atoms with Crippen LogP contribution in [0.3, 0.4) is 0 Å². The van der Waals surface area contributed by atoms with Crippen LogP contribution in [0.15, 0.2) is 18.2 Å². The summed E-state index contributed by atoms with van der Waals surface area (Å²) >= 11 is 0. The number of carboxylic acid groups (broad SMARTS) is 1. The fourth-order valence-electron chi connectivity index (χ4n) is 2.33. The summed E-state index contributed by atoms with van der Waals surface area (Å²) in [6.07, 6.45) is 2.08. The summed E-state index contributed by atoms with van der Waals surface area (Å²) in [6, 6.07) is 4.57. The highest BCUT2D eigenvalue weighted by Crippen LogP contribution is 2.17. The van der Waals surface area contributed by atoms with E-state index in [1.54, 1.807) is 31.0 Å². The Morgan fingerprint density at radius 2 is 2.24 bits per heavy atom. The summed E-state index contributed by atoms with van der Waals surface area (Å²) in [6.45, 7) is 3.00. The molecule has 1 aromatic rings. The van der Waals surface area contributed by atoms with Crippen LogP contribution >= 0.6 is 0 Å². The molecule has 0 aromatic heterocycles. The van der Waals surface area contributed by atoms with Crippen molar-refractivity contribution in [3.05, 3.63) is 29.3 Å². The van der Waals surface area contributed by atoms with Gasteiger partial charge < -0.3 is 20.1 Å².